The summed E-state index contributed by atoms with van der Waals surface area (Å²) in [6, 6.07) is 3.39. The third-order valence-electron chi connectivity index (χ3n) is 3.05. The first-order chi connectivity index (χ1) is 8.97. The Hall–Kier alpha value is -2.37. The van der Waals surface area contributed by atoms with Crippen LogP contribution in [0.3, 0.4) is 0 Å². The van der Waals surface area contributed by atoms with Gasteiger partial charge in [-0.1, -0.05) is 6.07 Å². The summed E-state index contributed by atoms with van der Waals surface area (Å²) in [5.74, 6) is -0.497. The van der Waals surface area contributed by atoms with E-state index in [2.05, 4.69) is 4.98 Å². The number of aromatic amines is 1. The second-order valence-corrected chi connectivity index (χ2v) is 4.26. The van der Waals surface area contributed by atoms with Crippen LogP contribution in [-0.4, -0.2) is 22.5 Å². The lowest BCUT2D eigenvalue weighted by Gasteiger charge is -2.00. The van der Waals surface area contributed by atoms with Crippen LogP contribution in [0.4, 0.5) is 5.69 Å². The molecule has 0 aliphatic heterocycles. The Morgan fingerprint density at radius 3 is 2.68 bits per heavy atom. The van der Waals surface area contributed by atoms with Gasteiger partial charge in [-0.05, 0) is 32.4 Å². The third-order valence-corrected chi connectivity index (χ3v) is 3.05. The Labute approximate surface area is 109 Å². The largest absolute Gasteiger partial charge is 0.461 e. The first-order valence-electron chi connectivity index (χ1n) is 5.90. The summed E-state index contributed by atoms with van der Waals surface area (Å²) in [4.78, 5) is 25.4. The number of H-pyrrole nitrogens is 1. The third kappa shape index (κ3) is 2.05. The average molecular weight is 262 g/mol. The van der Waals surface area contributed by atoms with Crippen molar-refractivity contribution in [3.05, 3.63) is 39.1 Å². The number of aryl methyl sites for hydroxylation is 2. The molecule has 0 spiro atoms. The molecule has 6 nitrogen and oxygen atoms in total. The SMILES string of the molecule is CCOC(=O)c1[nH]c2ccc(C)c([N+](=O)[O-])c2c1C. The minimum atomic E-state index is -0.497. The van der Waals surface area contributed by atoms with E-state index in [-0.39, 0.29) is 18.0 Å². The fraction of sp³-hybridized carbons (Fsp3) is 0.308. The van der Waals surface area contributed by atoms with E-state index in [0.29, 0.717) is 22.0 Å². The highest BCUT2D eigenvalue weighted by molar-refractivity contribution is 6.02. The van der Waals surface area contributed by atoms with E-state index >= 15 is 0 Å². The number of hydrogen-bond donors (Lipinski definition) is 1. The van der Waals surface area contributed by atoms with Gasteiger partial charge in [-0.3, -0.25) is 10.1 Å². The molecule has 0 radical (unpaired) electrons. The monoisotopic (exact) mass is 262 g/mol. The van der Waals surface area contributed by atoms with Crippen molar-refractivity contribution in [2.24, 2.45) is 0 Å². The van der Waals surface area contributed by atoms with Crippen molar-refractivity contribution < 1.29 is 14.5 Å². The van der Waals surface area contributed by atoms with Crippen molar-refractivity contribution in [2.45, 2.75) is 20.8 Å². The van der Waals surface area contributed by atoms with Crippen molar-refractivity contribution in [3.8, 4) is 0 Å². The molecule has 0 unspecified atom stereocenters. The van der Waals surface area contributed by atoms with Crippen molar-refractivity contribution in [3.63, 3.8) is 0 Å². The molecule has 0 saturated carbocycles. The van der Waals surface area contributed by atoms with E-state index in [0.717, 1.165) is 0 Å². The number of fused-ring (bicyclic) bond motifs is 1. The lowest BCUT2D eigenvalue weighted by atomic mass is 10.1. The normalized spacial score (nSPS) is 10.7. The minimum Gasteiger partial charge on any atom is -0.461 e. The summed E-state index contributed by atoms with van der Waals surface area (Å²) in [5.41, 5.74) is 1.98. The van der Waals surface area contributed by atoms with Crippen LogP contribution in [0.2, 0.25) is 0 Å². The van der Waals surface area contributed by atoms with Crippen LogP contribution >= 0.6 is 0 Å². The predicted octanol–water partition coefficient (Wildman–Crippen LogP) is 2.87. The number of nitro benzene ring substituents is 1. The molecule has 0 atom stereocenters. The van der Waals surface area contributed by atoms with Gasteiger partial charge in [0.25, 0.3) is 5.69 Å². The molecule has 0 saturated heterocycles. The van der Waals surface area contributed by atoms with Crippen LogP contribution in [0.5, 0.6) is 0 Å². The van der Waals surface area contributed by atoms with Gasteiger partial charge in [0.15, 0.2) is 0 Å². The molecule has 2 aromatic rings. The zero-order chi connectivity index (χ0) is 14.2. The molecule has 1 aromatic carbocycles. The van der Waals surface area contributed by atoms with E-state index in [1.54, 1.807) is 32.9 Å². The highest BCUT2D eigenvalue weighted by atomic mass is 16.6. The second-order valence-electron chi connectivity index (χ2n) is 4.26. The Kier molecular flexibility index (Phi) is 3.25. The van der Waals surface area contributed by atoms with Crippen molar-refractivity contribution in [1.29, 1.82) is 0 Å². The lowest BCUT2D eigenvalue weighted by molar-refractivity contribution is -0.383. The van der Waals surface area contributed by atoms with Gasteiger partial charge in [-0.25, -0.2) is 4.79 Å². The van der Waals surface area contributed by atoms with Gasteiger partial charge >= 0.3 is 5.97 Å². The number of aromatic nitrogens is 1. The topological polar surface area (TPSA) is 85.2 Å². The van der Waals surface area contributed by atoms with Crippen LogP contribution in [0, 0.1) is 24.0 Å². The van der Waals surface area contributed by atoms with Gasteiger partial charge in [0.2, 0.25) is 0 Å². The number of hydrogen-bond acceptors (Lipinski definition) is 4. The number of carbonyl (C=O) groups excluding carboxylic acids is 1. The summed E-state index contributed by atoms with van der Waals surface area (Å²) in [7, 11) is 0. The molecule has 1 heterocycles. The van der Waals surface area contributed by atoms with E-state index in [1.165, 1.54) is 0 Å². The first kappa shape index (κ1) is 13.1. The molecule has 0 fully saturated rings. The number of nitro groups is 1. The van der Waals surface area contributed by atoms with E-state index in [9.17, 15) is 14.9 Å². The fourth-order valence-electron chi connectivity index (χ4n) is 2.18. The number of nitrogens with zero attached hydrogens (tertiary/aromatic N) is 1. The molecule has 100 valence electrons. The molecule has 0 aliphatic carbocycles. The van der Waals surface area contributed by atoms with Crippen LogP contribution in [0.25, 0.3) is 10.9 Å². The average Bonchev–Trinajstić information content (AvgIpc) is 2.67. The lowest BCUT2D eigenvalue weighted by Crippen LogP contribution is -2.06. The maximum atomic E-state index is 11.8. The van der Waals surface area contributed by atoms with E-state index in [1.807, 2.05) is 0 Å². The molecule has 6 heteroatoms. The zero-order valence-electron chi connectivity index (χ0n) is 10.9. The quantitative estimate of drug-likeness (QED) is 0.523. The van der Waals surface area contributed by atoms with Gasteiger partial charge in [0.05, 0.1) is 22.4 Å². The van der Waals surface area contributed by atoms with E-state index < -0.39 is 10.9 Å². The highest BCUT2D eigenvalue weighted by Gasteiger charge is 2.24. The van der Waals surface area contributed by atoms with Crippen LogP contribution in [0.1, 0.15) is 28.5 Å². The summed E-state index contributed by atoms with van der Waals surface area (Å²) < 4.78 is 4.93. The Balaban J connectivity index is 2.74. The summed E-state index contributed by atoms with van der Waals surface area (Å²) >= 11 is 0. The fourth-order valence-corrected chi connectivity index (χ4v) is 2.18. The Bertz CT molecular complexity index is 673. The number of nitrogens with one attached hydrogen (secondary N) is 1. The maximum Gasteiger partial charge on any atom is 0.355 e. The number of carbonyl (C=O) groups is 1. The summed E-state index contributed by atoms with van der Waals surface area (Å²) in [5, 5.41) is 11.6. The van der Waals surface area contributed by atoms with Crippen molar-refractivity contribution in [2.75, 3.05) is 6.61 Å². The van der Waals surface area contributed by atoms with Gasteiger partial charge in [0.1, 0.15) is 5.69 Å². The smallest absolute Gasteiger partial charge is 0.355 e. The molecule has 19 heavy (non-hydrogen) atoms. The van der Waals surface area contributed by atoms with Gasteiger partial charge in [-0.15, -0.1) is 0 Å². The van der Waals surface area contributed by atoms with Crippen LogP contribution < -0.4 is 0 Å². The van der Waals surface area contributed by atoms with Gasteiger partial charge in [-0.2, -0.15) is 0 Å². The molecular weight excluding hydrogens is 248 g/mol. The maximum absolute atomic E-state index is 11.8. The molecule has 1 N–H and O–H groups in total. The molecule has 1 aromatic heterocycles. The van der Waals surface area contributed by atoms with Gasteiger partial charge in [0, 0.05) is 5.56 Å². The summed E-state index contributed by atoms with van der Waals surface area (Å²) in [6.07, 6.45) is 0. The zero-order valence-corrected chi connectivity index (χ0v) is 10.9. The van der Waals surface area contributed by atoms with Crippen molar-refractivity contribution >= 4 is 22.6 Å². The van der Waals surface area contributed by atoms with Crippen molar-refractivity contribution in [1.82, 2.24) is 4.98 Å². The Morgan fingerprint density at radius 1 is 1.42 bits per heavy atom. The molecule has 0 aliphatic rings. The molecule has 0 amide bonds. The number of benzene rings is 1. The number of rotatable bonds is 3. The molecule has 2 rings (SSSR count). The number of esters is 1. The minimum absolute atomic E-state index is 0.0294. The highest BCUT2D eigenvalue weighted by Crippen LogP contribution is 2.33. The second kappa shape index (κ2) is 4.72. The van der Waals surface area contributed by atoms with Crippen LogP contribution in [-0.2, 0) is 4.74 Å². The Morgan fingerprint density at radius 2 is 2.11 bits per heavy atom. The summed E-state index contributed by atoms with van der Waals surface area (Å²) in [6.45, 7) is 5.32. The predicted molar refractivity (Wildman–Crippen MR) is 70.4 cm³/mol. The van der Waals surface area contributed by atoms with E-state index in [4.69, 9.17) is 4.74 Å². The number of ether oxygens (including phenoxy) is 1. The van der Waals surface area contributed by atoms with Crippen LogP contribution in [0.15, 0.2) is 12.1 Å². The van der Waals surface area contributed by atoms with Gasteiger partial charge < -0.3 is 9.72 Å². The standard InChI is InChI=1S/C13H14N2O4/c1-4-19-13(16)11-8(3)10-9(14-11)6-5-7(2)12(10)15(17)18/h5-6,14H,4H2,1-3H3. The molecular formula is C13H14N2O4. The first-order valence-corrected chi connectivity index (χ1v) is 5.90. The molecule has 0 bridgehead atoms.